The number of rotatable bonds is 19. The number of amides is 11. The van der Waals surface area contributed by atoms with E-state index in [9.17, 15) is 57.8 Å². The van der Waals surface area contributed by atoms with Crippen LogP contribution in [0.2, 0.25) is 0 Å². The van der Waals surface area contributed by atoms with Crippen LogP contribution in [0.1, 0.15) is 139 Å². The Kier molecular flexibility index (Phi) is 27.4. The smallest absolute Gasteiger partial charge is 0.251 e. The normalized spacial score (nSPS) is 24.4. The van der Waals surface area contributed by atoms with Gasteiger partial charge in [0, 0.05) is 47.1 Å². The fraction of sp³-hybridized carbons (Fsp3) is 0.641. The van der Waals surface area contributed by atoms with Crippen LogP contribution < -0.4 is 37.2 Å². The lowest BCUT2D eigenvalue weighted by atomic mass is 9.91. The summed E-state index contributed by atoms with van der Waals surface area (Å²) >= 11 is 0. The molecule has 4 rings (SSSR count). The van der Waals surface area contributed by atoms with Gasteiger partial charge in [0.05, 0.1) is 12.5 Å². The Labute approximate surface area is 514 Å². The Bertz CT molecular complexity index is 2700. The fourth-order valence-corrected chi connectivity index (χ4v) is 10.7. The van der Waals surface area contributed by atoms with Crippen LogP contribution >= 0.6 is 0 Å². The zero-order chi connectivity index (χ0) is 65.2. The van der Waals surface area contributed by atoms with Gasteiger partial charge in [-0.2, -0.15) is 0 Å². The topological polar surface area (TPSA) is 305 Å². The number of likely N-dealkylation sites (N-methyl/N-ethyl adjacent to an activating group) is 3. The van der Waals surface area contributed by atoms with E-state index in [2.05, 4.69) is 37.2 Å². The van der Waals surface area contributed by atoms with E-state index < -0.39 is 137 Å². The summed E-state index contributed by atoms with van der Waals surface area (Å²) in [5, 5.41) is 30.4. The van der Waals surface area contributed by atoms with Crippen molar-refractivity contribution in [2.24, 2.45) is 23.7 Å². The van der Waals surface area contributed by atoms with Gasteiger partial charge >= 0.3 is 0 Å². The summed E-state index contributed by atoms with van der Waals surface area (Å²) in [5.74, 6) is -9.66. The molecule has 8 N–H and O–H groups in total. The number of nitrogens with one attached hydrogen (secondary N) is 7. The number of aliphatic hydroxyl groups is 1. The number of piperidine rings is 1. The number of likely N-dealkylation sites (tertiary alicyclic amines) is 1. The molecule has 0 saturated carbocycles. The zero-order valence-corrected chi connectivity index (χ0v) is 53.9. The van der Waals surface area contributed by atoms with Crippen LogP contribution in [0, 0.1) is 23.7 Å². The van der Waals surface area contributed by atoms with Crippen molar-refractivity contribution in [1.29, 1.82) is 0 Å². The molecule has 2 saturated heterocycles. The summed E-state index contributed by atoms with van der Waals surface area (Å²) < 4.78 is 0. The molecule has 0 aliphatic carbocycles. The van der Waals surface area contributed by atoms with E-state index in [1.807, 2.05) is 27.7 Å². The van der Waals surface area contributed by atoms with Crippen molar-refractivity contribution in [3.63, 3.8) is 0 Å². The van der Waals surface area contributed by atoms with Crippen molar-refractivity contribution in [2.45, 2.75) is 207 Å². The molecule has 0 radical (unpaired) electrons. The van der Waals surface area contributed by atoms with E-state index >= 15 is 0 Å². The van der Waals surface area contributed by atoms with Crippen molar-refractivity contribution in [3.8, 4) is 0 Å². The molecule has 482 valence electrons. The second kappa shape index (κ2) is 33.1. The number of hydrogen-bond donors (Lipinski definition) is 8. The van der Waals surface area contributed by atoms with Gasteiger partial charge in [-0.05, 0) is 94.6 Å². The average molecular weight is 1210 g/mol. The third kappa shape index (κ3) is 20.1. The fourth-order valence-electron chi connectivity index (χ4n) is 10.7. The molecule has 0 spiro atoms. The first-order valence-corrected chi connectivity index (χ1v) is 30.8. The van der Waals surface area contributed by atoms with E-state index in [-0.39, 0.29) is 49.3 Å². The van der Waals surface area contributed by atoms with Crippen LogP contribution in [0.25, 0.3) is 0 Å². The van der Waals surface area contributed by atoms with Gasteiger partial charge in [-0.1, -0.05) is 122 Å². The minimum absolute atomic E-state index is 0.0275. The van der Waals surface area contributed by atoms with Crippen molar-refractivity contribution in [2.75, 3.05) is 34.2 Å². The lowest BCUT2D eigenvalue weighted by Crippen LogP contribution is -2.68. The number of carbonyl (C=O) groups is 11. The van der Waals surface area contributed by atoms with Crippen LogP contribution in [0.3, 0.4) is 0 Å². The van der Waals surface area contributed by atoms with E-state index in [0.29, 0.717) is 30.6 Å². The molecule has 23 nitrogen and oxygen atoms in total. The molecular formula is C64H99N11O12. The maximum Gasteiger partial charge on any atom is 0.251 e. The lowest BCUT2D eigenvalue weighted by Gasteiger charge is -2.39. The van der Waals surface area contributed by atoms with Crippen molar-refractivity contribution in [3.05, 3.63) is 71.8 Å². The first-order chi connectivity index (χ1) is 40.8. The highest BCUT2D eigenvalue weighted by atomic mass is 16.3. The maximum absolute atomic E-state index is 15.0. The van der Waals surface area contributed by atoms with Crippen molar-refractivity contribution in [1.82, 2.24) is 56.8 Å². The Balaban J connectivity index is 1.81. The number of carbonyl (C=O) groups excluding carboxylic acids is 11. The number of hydrogen-bond acceptors (Lipinski definition) is 12. The summed E-state index contributed by atoms with van der Waals surface area (Å²) in [6.07, 6.45) is 0.946. The molecular weight excluding hydrogens is 1110 g/mol. The third-order valence-electron chi connectivity index (χ3n) is 16.9. The minimum Gasteiger partial charge on any atom is -0.390 e. The predicted octanol–water partition coefficient (Wildman–Crippen LogP) is 2.37. The van der Waals surface area contributed by atoms with Crippen molar-refractivity contribution < 1.29 is 57.8 Å². The first-order valence-electron chi connectivity index (χ1n) is 30.8. The van der Waals surface area contributed by atoms with Crippen LogP contribution in [0.15, 0.2) is 60.7 Å². The second-order valence-electron chi connectivity index (χ2n) is 25.2. The monoisotopic (exact) mass is 1210 g/mol. The van der Waals surface area contributed by atoms with E-state index in [4.69, 9.17) is 0 Å². The van der Waals surface area contributed by atoms with Crippen LogP contribution in [0.5, 0.6) is 0 Å². The molecule has 0 aromatic heterocycles. The van der Waals surface area contributed by atoms with Gasteiger partial charge in [-0.15, -0.1) is 0 Å². The summed E-state index contributed by atoms with van der Waals surface area (Å²) in [4.78, 5) is 165. The molecule has 2 heterocycles. The maximum atomic E-state index is 15.0. The van der Waals surface area contributed by atoms with Gasteiger partial charge in [0.2, 0.25) is 59.1 Å². The molecule has 0 bridgehead atoms. The highest BCUT2D eigenvalue weighted by Crippen LogP contribution is 2.23. The third-order valence-corrected chi connectivity index (χ3v) is 16.9. The van der Waals surface area contributed by atoms with Gasteiger partial charge < -0.3 is 61.9 Å². The first kappa shape index (κ1) is 72.0. The van der Waals surface area contributed by atoms with Crippen molar-refractivity contribution >= 4 is 65.0 Å². The Hall–Kier alpha value is -7.43. The van der Waals surface area contributed by atoms with Gasteiger partial charge in [0.15, 0.2) is 0 Å². The molecule has 23 heteroatoms. The standard InChI is InChI=1S/C64H99N11O12/c1-16-40(8)53(62(86)75-30-24-19-25-31-75)70-59(83)49(33-38(4)5)73(14)61(85)52(39(6)7)69-56(80)47-36-51(77)65-41(9)54(78)66-46(32-37(2)3)57(81)71-64(12,43(11)76)63(87)74(15)50(35-45-28-22-18-23-29-45)58(82)68-48(34-44-26-20-17-21-27-44)60(84)72(13)42(10)55(79)67-47/h17-18,20-23,26-29,37-43,46-50,52-53,76H,16,19,24-25,30-36H2,1-15H3,(H,65,77)(H,66,78)(H,67,79)(H,68,82)(H,69,80)(H,70,83)(H,71,81)/t40-,41-,42-,43+,46-,47-,48-,49-,50-,52-,53-,64-/m0/s1. The quantitative estimate of drug-likeness (QED) is 0.101. The van der Waals surface area contributed by atoms with Gasteiger partial charge in [-0.25, -0.2) is 0 Å². The molecule has 0 unspecified atom stereocenters. The number of nitrogens with zero attached hydrogens (tertiary/aromatic N) is 4. The summed E-state index contributed by atoms with van der Waals surface area (Å²) in [7, 11) is 4.10. The summed E-state index contributed by atoms with van der Waals surface area (Å²) in [5.41, 5.74) is -0.874. The summed E-state index contributed by atoms with van der Waals surface area (Å²) in [6, 6.07) is 5.53. The van der Waals surface area contributed by atoms with E-state index in [1.54, 1.807) is 93.3 Å². The summed E-state index contributed by atoms with van der Waals surface area (Å²) in [6.45, 7) is 21.0. The second-order valence-corrected chi connectivity index (χ2v) is 25.2. The predicted molar refractivity (Wildman–Crippen MR) is 329 cm³/mol. The molecule has 87 heavy (non-hydrogen) atoms. The molecule has 2 aliphatic rings. The molecule has 12 atom stereocenters. The molecule has 2 aromatic carbocycles. The number of aliphatic hydroxyl groups excluding tert-OH is 1. The molecule has 2 aromatic rings. The van der Waals surface area contributed by atoms with E-state index in [0.717, 1.165) is 29.1 Å². The van der Waals surface area contributed by atoms with E-state index in [1.165, 1.54) is 53.7 Å². The molecule has 2 aliphatic heterocycles. The Morgan fingerprint density at radius 1 is 0.690 bits per heavy atom. The van der Waals surface area contributed by atoms with Gasteiger partial charge in [0.1, 0.15) is 59.9 Å². The average Bonchev–Trinajstić information content (AvgIpc) is 1.58. The van der Waals surface area contributed by atoms with Gasteiger partial charge in [-0.3, -0.25) is 52.7 Å². The lowest BCUT2D eigenvalue weighted by molar-refractivity contribution is -0.151. The minimum atomic E-state index is -2.11. The zero-order valence-electron chi connectivity index (χ0n) is 53.9. The SMILES string of the molecule is CC[C@H](C)[C@H](NC(=O)[C@H](CC(C)C)N(C)C(=O)[C@@H](NC(=O)[C@@H]1CC(=O)N[C@@H](C)C(=O)N[C@@H](CC(C)C)C(=O)N[C@@](C)([C@@H](C)O)C(=O)N(C)[C@@H](Cc2ccccc2)C(=O)N[C@@H](Cc2ccccc2)C(=O)N(C)[C@@H](C)C(=O)N1)C(C)C)C(=O)N1CCCCC1. The van der Waals surface area contributed by atoms with Gasteiger partial charge in [0.25, 0.3) is 5.91 Å². The number of benzene rings is 2. The largest absolute Gasteiger partial charge is 0.390 e. The molecule has 2 fully saturated rings. The Morgan fingerprint density at radius 3 is 1.78 bits per heavy atom. The highest BCUT2D eigenvalue weighted by molar-refractivity contribution is 6.01. The molecule has 11 amide bonds. The highest BCUT2D eigenvalue weighted by Gasteiger charge is 2.47. The van der Waals surface area contributed by atoms with Crippen LogP contribution in [0.4, 0.5) is 0 Å². The Morgan fingerprint density at radius 2 is 1.25 bits per heavy atom. The van der Waals surface area contributed by atoms with Crippen LogP contribution in [-0.2, 0) is 65.6 Å². The van der Waals surface area contributed by atoms with Crippen LogP contribution in [-0.4, -0.2) is 190 Å².